The van der Waals surface area contributed by atoms with Crippen LogP contribution in [-0.4, -0.2) is 27.6 Å². The summed E-state index contributed by atoms with van der Waals surface area (Å²) in [4.78, 5) is 44.9. The summed E-state index contributed by atoms with van der Waals surface area (Å²) in [5, 5.41) is 21.8. The molecule has 5 nitrogen and oxygen atoms in total. The zero-order valence-electron chi connectivity index (χ0n) is 27.4. The minimum absolute atomic E-state index is 0.102. The van der Waals surface area contributed by atoms with E-state index in [1.54, 1.807) is 12.1 Å². The molecule has 4 atom stereocenters. The molecule has 2 N–H and O–H groups in total. The largest absolute Gasteiger partial charge is 0.508 e. The highest BCUT2D eigenvalue weighted by atomic mass is 16.3. The lowest BCUT2D eigenvalue weighted by Gasteiger charge is -2.60. The molecule has 0 aromatic heterocycles. The van der Waals surface area contributed by atoms with Crippen LogP contribution in [-0.2, 0) is 14.4 Å². The van der Waals surface area contributed by atoms with E-state index in [1.165, 1.54) is 12.1 Å². The smallest absolute Gasteiger partial charge is 0.184 e. The average molecular weight is 587 g/mol. The molecule has 2 saturated carbocycles. The van der Waals surface area contributed by atoms with Crippen LogP contribution >= 0.6 is 0 Å². The van der Waals surface area contributed by atoms with Gasteiger partial charge < -0.3 is 10.2 Å². The van der Waals surface area contributed by atoms with E-state index in [9.17, 15) is 19.8 Å². The Morgan fingerprint density at radius 3 is 2.16 bits per heavy atom. The van der Waals surface area contributed by atoms with Gasteiger partial charge in [0.25, 0.3) is 0 Å². The van der Waals surface area contributed by atoms with E-state index in [0.717, 1.165) is 28.7 Å². The number of carbonyl (C=O) groups is 3. The summed E-state index contributed by atoms with van der Waals surface area (Å²) in [7, 11) is 0. The van der Waals surface area contributed by atoms with Crippen LogP contribution in [0.25, 0.3) is 5.76 Å². The van der Waals surface area contributed by atoms with Gasteiger partial charge in [0.1, 0.15) is 22.5 Å². The first-order valence-electron chi connectivity index (χ1n) is 15.4. The zero-order chi connectivity index (χ0) is 32.5. The number of Topliss-reactive ketones (excluding diaryl/α,β-unsaturated/α-hetero) is 3. The molecule has 1 aromatic rings. The topological polar surface area (TPSA) is 91.7 Å². The molecule has 43 heavy (non-hydrogen) atoms. The van der Waals surface area contributed by atoms with E-state index < -0.39 is 33.6 Å². The third kappa shape index (κ3) is 6.14. The second-order valence-electron chi connectivity index (χ2n) is 14.1. The quantitative estimate of drug-likeness (QED) is 0.0887. The van der Waals surface area contributed by atoms with E-state index in [-0.39, 0.29) is 53.8 Å². The molecule has 5 heteroatoms. The highest BCUT2D eigenvalue weighted by Gasteiger charge is 2.74. The number of phenolic OH excluding ortho intramolecular Hbond substituents is 1. The zero-order valence-corrected chi connectivity index (χ0v) is 27.4. The monoisotopic (exact) mass is 586 g/mol. The minimum Gasteiger partial charge on any atom is -0.508 e. The molecule has 2 fully saturated rings. The third-order valence-corrected chi connectivity index (χ3v) is 10.0. The molecular weight excluding hydrogens is 536 g/mol. The van der Waals surface area contributed by atoms with Gasteiger partial charge in [-0.1, -0.05) is 67.0 Å². The molecule has 0 heterocycles. The molecular formula is C38H50O5. The van der Waals surface area contributed by atoms with E-state index in [1.807, 2.05) is 61.5 Å². The molecule has 0 spiro atoms. The van der Waals surface area contributed by atoms with Crippen LogP contribution in [0.5, 0.6) is 5.75 Å². The Morgan fingerprint density at radius 2 is 1.63 bits per heavy atom. The summed E-state index contributed by atoms with van der Waals surface area (Å²) in [5.41, 5.74) is -0.110. The van der Waals surface area contributed by atoms with Crippen LogP contribution in [0.2, 0.25) is 0 Å². The summed E-state index contributed by atoms with van der Waals surface area (Å²) in [5.74, 6) is -2.47. The molecule has 0 aliphatic heterocycles. The van der Waals surface area contributed by atoms with Gasteiger partial charge in [0.2, 0.25) is 0 Å². The fraction of sp³-hybridized carbons (Fsp3) is 0.500. The van der Waals surface area contributed by atoms with Crippen molar-refractivity contribution in [3.05, 3.63) is 83.0 Å². The number of aliphatic hydroxyl groups excluding tert-OH is 1. The second kappa shape index (κ2) is 12.6. The summed E-state index contributed by atoms with van der Waals surface area (Å²) in [6.45, 7) is 24.0. The molecule has 1 aromatic carbocycles. The molecule has 2 aliphatic carbocycles. The first kappa shape index (κ1) is 34.0. The lowest BCUT2D eigenvalue weighted by Crippen LogP contribution is -2.69. The lowest BCUT2D eigenvalue weighted by molar-refractivity contribution is -0.177. The van der Waals surface area contributed by atoms with Crippen molar-refractivity contribution in [2.24, 2.45) is 28.1 Å². The Labute approximate surface area is 258 Å². The highest BCUT2D eigenvalue weighted by molar-refractivity contribution is 6.41. The van der Waals surface area contributed by atoms with Crippen molar-refractivity contribution in [3.63, 3.8) is 0 Å². The number of rotatable bonds is 11. The maximum Gasteiger partial charge on any atom is 0.184 e. The van der Waals surface area contributed by atoms with Crippen LogP contribution in [0.4, 0.5) is 0 Å². The van der Waals surface area contributed by atoms with Crippen molar-refractivity contribution in [2.45, 2.75) is 93.9 Å². The van der Waals surface area contributed by atoms with Crippen LogP contribution < -0.4 is 0 Å². The maximum absolute atomic E-state index is 15.2. The van der Waals surface area contributed by atoms with Gasteiger partial charge in [-0.2, -0.15) is 0 Å². The Kier molecular flexibility index (Phi) is 10.0. The lowest BCUT2D eigenvalue weighted by atomic mass is 9.38. The van der Waals surface area contributed by atoms with Crippen LogP contribution in [0.15, 0.2) is 77.4 Å². The van der Waals surface area contributed by atoms with E-state index in [0.29, 0.717) is 12.8 Å². The first-order chi connectivity index (χ1) is 19.9. The van der Waals surface area contributed by atoms with Gasteiger partial charge in [0, 0.05) is 5.56 Å². The normalized spacial score (nSPS) is 26.4. The summed E-state index contributed by atoms with van der Waals surface area (Å²) in [6.07, 6.45) is 6.72. The summed E-state index contributed by atoms with van der Waals surface area (Å²) >= 11 is 0. The van der Waals surface area contributed by atoms with Gasteiger partial charge in [-0.3, -0.25) is 14.4 Å². The number of aliphatic hydroxyl groups is 1. The summed E-state index contributed by atoms with van der Waals surface area (Å²) < 4.78 is 0. The van der Waals surface area contributed by atoms with Gasteiger partial charge in [-0.15, -0.1) is 6.58 Å². The standard InChI is InChI=1S/C38H50O5/c1-23(2)14-16-28(26(7)8)21-37-22-29(17-15-24(3)4)36(9,10)38(35(37)43,19-18-25(5)6)34(42)31(33(37)41)32(40)27-12-11-13-30(39)20-27/h11-13,15,18,20,28-29,39-40H,1,7,14,16-17,19,21-22H2,2-6,8-10H3/t28-,29-,37-,38+/m0/s1. The molecule has 0 saturated heterocycles. The average Bonchev–Trinajstić information content (AvgIpc) is 2.90. The van der Waals surface area contributed by atoms with Gasteiger partial charge >= 0.3 is 0 Å². The number of hydrogen-bond acceptors (Lipinski definition) is 5. The molecule has 0 radical (unpaired) electrons. The number of benzene rings is 1. The Morgan fingerprint density at radius 1 is 1.00 bits per heavy atom. The van der Waals surface area contributed by atoms with Gasteiger partial charge in [0.05, 0.1) is 5.41 Å². The number of aromatic hydroxyl groups is 1. The summed E-state index contributed by atoms with van der Waals surface area (Å²) in [6, 6.07) is 5.89. The van der Waals surface area contributed by atoms with Crippen LogP contribution in [0.3, 0.4) is 0 Å². The fourth-order valence-electron chi connectivity index (χ4n) is 7.17. The van der Waals surface area contributed by atoms with E-state index >= 15 is 4.79 Å². The number of hydrogen-bond donors (Lipinski definition) is 2. The maximum atomic E-state index is 15.2. The van der Waals surface area contributed by atoms with Crippen molar-refractivity contribution in [1.82, 2.24) is 0 Å². The number of carbonyl (C=O) groups excluding carboxylic acids is 3. The van der Waals surface area contributed by atoms with Gasteiger partial charge in [-0.25, -0.2) is 0 Å². The van der Waals surface area contributed by atoms with Crippen LogP contribution in [0.1, 0.15) is 99.5 Å². The van der Waals surface area contributed by atoms with Gasteiger partial charge in [-0.05, 0) is 109 Å². The second-order valence-corrected chi connectivity index (χ2v) is 14.1. The molecule has 3 rings (SSSR count). The Hall–Kier alpha value is -3.47. The van der Waals surface area contributed by atoms with Crippen molar-refractivity contribution >= 4 is 23.1 Å². The third-order valence-electron chi connectivity index (χ3n) is 10.0. The first-order valence-corrected chi connectivity index (χ1v) is 15.4. The predicted molar refractivity (Wildman–Crippen MR) is 174 cm³/mol. The molecule has 0 unspecified atom stereocenters. The van der Waals surface area contributed by atoms with Crippen molar-refractivity contribution in [1.29, 1.82) is 0 Å². The van der Waals surface area contributed by atoms with E-state index in [2.05, 4.69) is 19.2 Å². The van der Waals surface area contributed by atoms with Crippen molar-refractivity contribution in [2.75, 3.05) is 0 Å². The molecule has 232 valence electrons. The molecule has 2 aliphatic rings. The molecule has 2 bridgehead atoms. The Bertz CT molecular complexity index is 1430. The Balaban J connectivity index is 2.44. The minimum atomic E-state index is -1.56. The number of ketones is 3. The highest BCUT2D eigenvalue weighted by Crippen LogP contribution is 2.66. The fourth-order valence-corrected chi connectivity index (χ4v) is 7.17. The number of fused-ring (bicyclic) bond motifs is 2. The van der Waals surface area contributed by atoms with Crippen LogP contribution in [0, 0.1) is 28.1 Å². The van der Waals surface area contributed by atoms with Crippen molar-refractivity contribution < 1.29 is 24.6 Å². The van der Waals surface area contributed by atoms with Gasteiger partial charge in [0.15, 0.2) is 17.3 Å². The number of allylic oxidation sites excluding steroid dienone is 7. The van der Waals surface area contributed by atoms with Crippen molar-refractivity contribution in [3.8, 4) is 5.75 Å². The number of phenols is 1. The SMILES string of the molecule is C=C(C)CC[C@@H](C[C@]12C[C@H](CC=C(C)C)C(C)(C)[C@](CC=C(C)C)(C(=O)C(=C(O)c3cccc(O)c3)C1=O)C2=O)C(=C)C. The predicted octanol–water partition coefficient (Wildman–Crippen LogP) is 9.05. The molecule has 0 amide bonds. The van der Waals surface area contributed by atoms with E-state index in [4.69, 9.17) is 0 Å².